The van der Waals surface area contributed by atoms with Gasteiger partial charge in [-0.1, -0.05) is 6.07 Å². The van der Waals surface area contributed by atoms with Gasteiger partial charge in [0.2, 0.25) is 0 Å². The minimum Gasteiger partial charge on any atom is -0.480 e. The average Bonchev–Trinajstić information content (AvgIpc) is 2.89. The van der Waals surface area contributed by atoms with E-state index >= 15 is 0 Å². The summed E-state index contributed by atoms with van der Waals surface area (Å²) >= 11 is 0. The molecule has 3 unspecified atom stereocenters. The molecule has 4 heteroatoms. The van der Waals surface area contributed by atoms with Crippen molar-refractivity contribution < 1.29 is 9.53 Å². The van der Waals surface area contributed by atoms with E-state index in [0.717, 1.165) is 37.1 Å². The van der Waals surface area contributed by atoms with E-state index in [0.29, 0.717) is 6.42 Å². The molecule has 1 aromatic rings. The first kappa shape index (κ1) is 15.3. The Morgan fingerprint density at radius 3 is 2.77 bits per heavy atom. The lowest BCUT2D eigenvalue weighted by molar-refractivity contribution is -0.142. The van der Waals surface area contributed by atoms with Gasteiger partial charge in [0.15, 0.2) is 6.10 Å². The van der Waals surface area contributed by atoms with Crippen LogP contribution in [0, 0.1) is 13.8 Å². The molecule has 0 saturated carbocycles. The van der Waals surface area contributed by atoms with E-state index < -0.39 is 0 Å². The van der Waals surface area contributed by atoms with Gasteiger partial charge in [-0.3, -0.25) is 4.79 Å². The van der Waals surface area contributed by atoms with Gasteiger partial charge in [-0.15, -0.1) is 0 Å². The molecule has 2 heterocycles. The van der Waals surface area contributed by atoms with E-state index in [1.807, 2.05) is 11.8 Å². The number of nitrogens with two attached hydrogens (primary N) is 1. The molecule has 0 aliphatic carbocycles. The minimum absolute atomic E-state index is 0.0116. The second kappa shape index (κ2) is 5.92. The third-order valence-electron chi connectivity index (χ3n) is 5.07. The topological polar surface area (TPSA) is 55.6 Å². The number of aryl methyl sites for hydroxylation is 2. The molecule has 0 bridgehead atoms. The maximum Gasteiger partial charge on any atom is 0.264 e. The van der Waals surface area contributed by atoms with Gasteiger partial charge in [-0.25, -0.2) is 0 Å². The molecule has 2 aliphatic rings. The molecule has 3 atom stereocenters. The zero-order chi connectivity index (χ0) is 15.9. The normalized spacial score (nSPS) is 25.5. The summed E-state index contributed by atoms with van der Waals surface area (Å²) in [4.78, 5) is 14.9. The number of rotatable bonds is 2. The van der Waals surface area contributed by atoms with Crippen molar-refractivity contribution in [2.75, 3.05) is 6.54 Å². The van der Waals surface area contributed by atoms with Gasteiger partial charge in [0.25, 0.3) is 5.91 Å². The standard InChI is InChI=1S/C18H26N2O2/c1-11-8-14-10-17(22-16(14)9-12(11)2)18(21)20-7-5-4-6-15(20)13(3)19/h8-9,13,15,17H,4-7,10,19H2,1-3H3. The van der Waals surface area contributed by atoms with E-state index in [2.05, 4.69) is 26.0 Å². The lowest BCUT2D eigenvalue weighted by Crippen LogP contribution is -2.55. The first-order valence-electron chi connectivity index (χ1n) is 8.30. The maximum atomic E-state index is 12.9. The summed E-state index contributed by atoms with van der Waals surface area (Å²) < 4.78 is 5.95. The van der Waals surface area contributed by atoms with E-state index in [1.165, 1.54) is 11.1 Å². The van der Waals surface area contributed by atoms with Crippen LogP contribution in [0.1, 0.15) is 42.9 Å². The zero-order valence-corrected chi connectivity index (χ0v) is 13.8. The molecule has 2 aliphatic heterocycles. The predicted molar refractivity (Wildman–Crippen MR) is 87.0 cm³/mol. The van der Waals surface area contributed by atoms with E-state index in [-0.39, 0.29) is 24.1 Å². The van der Waals surface area contributed by atoms with E-state index in [4.69, 9.17) is 10.5 Å². The summed E-state index contributed by atoms with van der Waals surface area (Å²) in [6.07, 6.45) is 3.52. The zero-order valence-electron chi connectivity index (χ0n) is 13.8. The minimum atomic E-state index is -0.379. The van der Waals surface area contributed by atoms with Crippen LogP contribution >= 0.6 is 0 Å². The Bertz CT molecular complexity index is 552. The second-order valence-corrected chi connectivity index (χ2v) is 6.81. The molecule has 120 valence electrons. The number of nitrogens with zero attached hydrogens (tertiary/aromatic N) is 1. The summed E-state index contributed by atoms with van der Waals surface area (Å²) in [6, 6.07) is 4.36. The number of hydrogen-bond acceptors (Lipinski definition) is 3. The molecule has 2 N–H and O–H groups in total. The fourth-order valence-electron chi connectivity index (χ4n) is 3.61. The van der Waals surface area contributed by atoms with Crippen LogP contribution in [0.25, 0.3) is 0 Å². The van der Waals surface area contributed by atoms with Gasteiger partial charge in [0, 0.05) is 25.0 Å². The van der Waals surface area contributed by atoms with E-state index in [1.54, 1.807) is 0 Å². The molecule has 1 amide bonds. The molecule has 3 rings (SSSR count). The average molecular weight is 302 g/mol. The Hall–Kier alpha value is -1.55. The lowest BCUT2D eigenvalue weighted by Gasteiger charge is -2.39. The molecule has 0 radical (unpaired) electrons. The summed E-state index contributed by atoms with van der Waals surface area (Å²) in [5.74, 6) is 0.976. The van der Waals surface area contributed by atoms with Crippen molar-refractivity contribution in [2.24, 2.45) is 5.73 Å². The molecular weight excluding hydrogens is 276 g/mol. The Morgan fingerprint density at radius 1 is 1.32 bits per heavy atom. The van der Waals surface area contributed by atoms with Crippen LogP contribution in [0.4, 0.5) is 0 Å². The number of piperidine rings is 1. The molecule has 1 fully saturated rings. The smallest absolute Gasteiger partial charge is 0.264 e. The SMILES string of the molecule is Cc1cc2c(cc1C)OC(C(=O)N1CCCCC1C(C)N)C2. The Labute approximate surface area is 132 Å². The first-order chi connectivity index (χ1) is 10.5. The van der Waals surface area contributed by atoms with Gasteiger partial charge in [0.1, 0.15) is 5.75 Å². The quantitative estimate of drug-likeness (QED) is 0.912. The van der Waals surface area contributed by atoms with Crippen molar-refractivity contribution in [3.8, 4) is 5.75 Å². The van der Waals surface area contributed by atoms with Crippen LogP contribution in [-0.2, 0) is 11.2 Å². The predicted octanol–water partition coefficient (Wildman–Crippen LogP) is 2.34. The summed E-state index contributed by atoms with van der Waals surface area (Å²) in [5.41, 5.74) is 9.69. The van der Waals surface area contributed by atoms with Crippen molar-refractivity contribution >= 4 is 5.91 Å². The van der Waals surface area contributed by atoms with Crippen molar-refractivity contribution in [3.63, 3.8) is 0 Å². The van der Waals surface area contributed by atoms with Gasteiger partial charge in [0.05, 0.1) is 0 Å². The highest BCUT2D eigenvalue weighted by Gasteiger charge is 2.37. The monoisotopic (exact) mass is 302 g/mol. The van der Waals surface area contributed by atoms with Crippen LogP contribution < -0.4 is 10.5 Å². The molecule has 0 aromatic heterocycles. The Balaban J connectivity index is 1.76. The number of hydrogen-bond donors (Lipinski definition) is 1. The van der Waals surface area contributed by atoms with Crippen LogP contribution in [-0.4, -0.2) is 35.5 Å². The van der Waals surface area contributed by atoms with E-state index in [9.17, 15) is 4.79 Å². The number of benzene rings is 1. The highest BCUT2D eigenvalue weighted by atomic mass is 16.5. The Morgan fingerprint density at radius 2 is 2.05 bits per heavy atom. The van der Waals surface area contributed by atoms with Crippen molar-refractivity contribution in [3.05, 3.63) is 28.8 Å². The molecule has 22 heavy (non-hydrogen) atoms. The molecule has 1 saturated heterocycles. The summed E-state index contributed by atoms with van der Waals surface area (Å²) in [5, 5.41) is 0. The fourth-order valence-corrected chi connectivity index (χ4v) is 3.61. The number of ether oxygens (including phenoxy) is 1. The van der Waals surface area contributed by atoms with Crippen LogP contribution in [0.2, 0.25) is 0 Å². The largest absolute Gasteiger partial charge is 0.480 e. The molecule has 4 nitrogen and oxygen atoms in total. The van der Waals surface area contributed by atoms with Gasteiger partial charge < -0.3 is 15.4 Å². The highest BCUT2D eigenvalue weighted by molar-refractivity contribution is 5.83. The third kappa shape index (κ3) is 2.72. The van der Waals surface area contributed by atoms with Gasteiger partial charge in [-0.05, 0) is 62.8 Å². The number of carbonyl (C=O) groups is 1. The fraction of sp³-hybridized carbons (Fsp3) is 0.611. The van der Waals surface area contributed by atoms with Crippen molar-refractivity contribution in [1.82, 2.24) is 4.90 Å². The lowest BCUT2D eigenvalue weighted by atomic mass is 9.95. The summed E-state index contributed by atoms with van der Waals surface area (Å²) in [6.45, 7) is 6.97. The number of amides is 1. The van der Waals surface area contributed by atoms with Crippen molar-refractivity contribution in [1.29, 1.82) is 0 Å². The second-order valence-electron chi connectivity index (χ2n) is 6.81. The van der Waals surface area contributed by atoms with Gasteiger partial charge >= 0.3 is 0 Å². The van der Waals surface area contributed by atoms with Crippen LogP contribution in [0.15, 0.2) is 12.1 Å². The van der Waals surface area contributed by atoms with Crippen molar-refractivity contribution in [2.45, 2.75) is 64.6 Å². The van der Waals surface area contributed by atoms with Gasteiger partial charge in [-0.2, -0.15) is 0 Å². The number of likely N-dealkylation sites (tertiary alicyclic amines) is 1. The third-order valence-corrected chi connectivity index (χ3v) is 5.07. The molecule has 1 aromatic carbocycles. The highest BCUT2D eigenvalue weighted by Crippen LogP contribution is 2.33. The first-order valence-corrected chi connectivity index (χ1v) is 8.30. The maximum absolute atomic E-state index is 12.9. The van der Waals surface area contributed by atoms with Crippen LogP contribution in [0.3, 0.4) is 0 Å². The number of carbonyl (C=O) groups excluding carboxylic acids is 1. The molecular formula is C18H26N2O2. The Kier molecular flexibility index (Phi) is 4.13. The summed E-state index contributed by atoms with van der Waals surface area (Å²) in [7, 11) is 0. The van der Waals surface area contributed by atoms with Crippen LogP contribution in [0.5, 0.6) is 5.75 Å². The number of fused-ring (bicyclic) bond motifs is 1. The molecule has 0 spiro atoms.